The second kappa shape index (κ2) is 8.26. The van der Waals surface area contributed by atoms with Gasteiger partial charge in [0, 0.05) is 29.9 Å². The van der Waals surface area contributed by atoms with E-state index in [2.05, 4.69) is 10.3 Å². The summed E-state index contributed by atoms with van der Waals surface area (Å²) in [4.78, 5) is 31.1. The van der Waals surface area contributed by atoms with Gasteiger partial charge >= 0.3 is 0 Å². The van der Waals surface area contributed by atoms with Gasteiger partial charge in [-0.15, -0.1) is 0 Å². The summed E-state index contributed by atoms with van der Waals surface area (Å²) in [7, 11) is 0. The molecule has 0 unspecified atom stereocenters. The van der Waals surface area contributed by atoms with Crippen LogP contribution in [-0.2, 0) is 4.74 Å². The molecule has 2 N–H and O–H groups in total. The topological polar surface area (TPSA) is 92.9 Å². The molecule has 0 radical (unpaired) electrons. The second-order valence-corrected chi connectivity index (χ2v) is 8.21. The van der Waals surface area contributed by atoms with E-state index in [1.165, 1.54) is 28.8 Å². The molecule has 1 aliphatic heterocycles. The zero-order valence-corrected chi connectivity index (χ0v) is 17.8. The molecule has 1 fully saturated rings. The highest BCUT2D eigenvalue weighted by molar-refractivity contribution is 6.31. The molecule has 0 saturated carbocycles. The third-order valence-electron chi connectivity index (χ3n) is 5.63. The maximum absolute atomic E-state index is 13.2. The van der Waals surface area contributed by atoms with Crippen molar-refractivity contribution in [3.8, 4) is 5.75 Å². The van der Waals surface area contributed by atoms with Gasteiger partial charge < -0.3 is 15.2 Å². The van der Waals surface area contributed by atoms with Crippen LogP contribution in [0.25, 0.3) is 16.6 Å². The molecule has 1 atom stereocenters. The molecule has 0 spiro atoms. The highest BCUT2D eigenvalue weighted by Gasteiger charge is 2.20. The predicted octanol–water partition coefficient (Wildman–Crippen LogP) is 4.03. The molecule has 2 aromatic heterocycles. The molecule has 1 aliphatic rings. The van der Waals surface area contributed by atoms with Crippen molar-refractivity contribution in [2.45, 2.75) is 18.9 Å². The molecule has 0 bridgehead atoms. The van der Waals surface area contributed by atoms with Gasteiger partial charge in [-0.05, 0) is 49.2 Å². The Hall–Kier alpha value is -3.42. The van der Waals surface area contributed by atoms with Crippen molar-refractivity contribution in [2.75, 3.05) is 18.5 Å². The van der Waals surface area contributed by atoms with Crippen LogP contribution < -0.4 is 10.9 Å². The fourth-order valence-corrected chi connectivity index (χ4v) is 4.15. The maximum atomic E-state index is 13.2. The number of benzene rings is 2. The number of carbonyl (C=O) groups excluding carboxylic acids is 1. The van der Waals surface area contributed by atoms with E-state index in [9.17, 15) is 14.7 Å². The number of phenols is 1. The van der Waals surface area contributed by atoms with Crippen LogP contribution in [0.15, 0.2) is 59.5 Å². The molecule has 5 rings (SSSR count). The van der Waals surface area contributed by atoms with E-state index < -0.39 is 5.78 Å². The molecule has 3 heterocycles. The normalized spacial score (nSPS) is 16.0. The van der Waals surface area contributed by atoms with E-state index in [1.54, 1.807) is 24.3 Å². The molecule has 0 aliphatic carbocycles. The zero-order chi connectivity index (χ0) is 22.2. The molecule has 2 aromatic carbocycles. The number of ether oxygens (including phenoxy) is 1. The highest BCUT2D eigenvalue weighted by atomic mass is 35.5. The van der Waals surface area contributed by atoms with Crippen molar-refractivity contribution in [1.29, 1.82) is 0 Å². The number of carbonyl (C=O) groups is 1. The lowest BCUT2D eigenvalue weighted by atomic mass is 10.0. The maximum Gasteiger partial charge on any atom is 0.265 e. The van der Waals surface area contributed by atoms with Gasteiger partial charge in [-0.3, -0.25) is 14.0 Å². The first kappa shape index (κ1) is 20.5. The van der Waals surface area contributed by atoms with Gasteiger partial charge in [-0.1, -0.05) is 23.7 Å². The number of rotatable bonds is 5. The number of aromatic hydroxyl groups is 1. The number of phenolic OH excluding ortho intramolecular Hbond substituents is 1. The standard InChI is InChI=1S/C24H20ClN3O4/c25-15-7-8-21(29)18(11-15)22(30)14-10-20(26-12-16-4-3-9-32-16)23-27-19-6-2-1-5-17(19)24(31)28(23)13-14/h1-2,5-8,10-11,13,16,26,29H,3-4,9,12H2/t16-/m1/s1. The van der Waals surface area contributed by atoms with E-state index in [0.717, 1.165) is 19.4 Å². The number of nitrogens with one attached hydrogen (secondary N) is 1. The van der Waals surface area contributed by atoms with Crippen LogP contribution in [0, 0.1) is 0 Å². The van der Waals surface area contributed by atoms with Crippen LogP contribution in [0.4, 0.5) is 5.69 Å². The SMILES string of the molecule is O=C(c1cc(NC[C@H]2CCCO2)c2nc3ccccc3c(=O)n2c1)c1cc(Cl)ccc1O. The van der Waals surface area contributed by atoms with Crippen molar-refractivity contribution in [3.63, 3.8) is 0 Å². The van der Waals surface area contributed by atoms with Gasteiger partial charge in [0.25, 0.3) is 5.56 Å². The molecule has 1 saturated heterocycles. The highest BCUT2D eigenvalue weighted by Crippen LogP contribution is 2.27. The molecule has 7 nitrogen and oxygen atoms in total. The Morgan fingerprint density at radius 3 is 2.91 bits per heavy atom. The van der Waals surface area contributed by atoms with Crippen LogP contribution in [0.5, 0.6) is 5.75 Å². The van der Waals surface area contributed by atoms with Crippen molar-refractivity contribution in [2.24, 2.45) is 0 Å². The minimum Gasteiger partial charge on any atom is -0.507 e. The van der Waals surface area contributed by atoms with Gasteiger partial charge in [0.2, 0.25) is 0 Å². The van der Waals surface area contributed by atoms with E-state index in [1.807, 2.05) is 6.07 Å². The van der Waals surface area contributed by atoms with Crippen molar-refractivity contribution in [3.05, 3.63) is 81.2 Å². The summed E-state index contributed by atoms with van der Waals surface area (Å²) in [6, 6.07) is 13.0. The third kappa shape index (κ3) is 3.70. The molecular formula is C24H20ClN3O4. The third-order valence-corrected chi connectivity index (χ3v) is 5.86. The summed E-state index contributed by atoms with van der Waals surface area (Å²) in [5, 5.41) is 14.3. The minimum atomic E-state index is -0.452. The van der Waals surface area contributed by atoms with Gasteiger partial charge in [0.05, 0.1) is 28.3 Å². The van der Waals surface area contributed by atoms with Gasteiger partial charge in [0.1, 0.15) is 5.75 Å². The lowest BCUT2D eigenvalue weighted by Crippen LogP contribution is -2.22. The van der Waals surface area contributed by atoms with E-state index in [-0.39, 0.29) is 28.5 Å². The number of aromatic nitrogens is 2. The first-order valence-corrected chi connectivity index (χ1v) is 10.7. The van der Waals surface area contributed by atoms with E-state index in [0.29, 0.717) is 33.8 Å². The average molecular weight is 450 g/mol. The molecule has 0 amide bonds. The van der Waals surface area contributed by atoms with Crippen LogP contribution in [0.2, 0.25) is 5.02 Å². The molecule has 162 valence electrons. The zero-order valence-electron chi connectivity index (χ0n) is 17.0. The Labute approximate surface area is 188 Å². The van der Waals surface area contributed by atoms with Crippen molar-refractivity contribution < 1.29 is 14.6 Å². The number of pyridine rings is 1. The first-order valence-electron chi connectivity index (χ1n) is 10.3. The summed E-state index contributed by atoms with van der Waals surface area (Å²) < 4.78 is 7.06. The number of anilines is 1. The number of hydrogen-bond acceptors (Lipinski definition) is 6. The number of hydrogen-bond donors (Lipinski definition) is 2. The number of para-hydroxylation sites is 1. The van der Waals surface area contributed by atoms with Crippen molar-refractivity contribution in [1.82, 2.24) is 9.38 Å². The van der Waals surface area contributed by atoms with Gasteiger partial charge in [-0.25, -0.2) is 4.98 Å². The lowest BCUT2D eigenvalue weighted by Gasteiger charge is -2.16. The monoisotopic (exact) mass is 449 g/mol. The number of ketones is 1. The van der Waals surface area contributed by atoms with Gasteiger partial charge in [0.15, 0.2) is 11.4 Å². The summed E-state index contributed by atoms with van der Waals surface area (Å²) in [5.41, 5.74) is 1.53. The Morgan fingerprint density at radius 1 is 1.25 bits per heavy atom. The number of nitrogens with zero attached hydrogens (tertiary/aromatic N) is 2. The molecule has 4 aromatic rings. The Kier molecular flexibility index (Phi) is 5.28. The average Bonchev–Trinajstić information content (AvgIpc) is 3.33. The summed E-state index contributed by atoms with van der Waals surface area (Å²) in [6.07, 6.45) is 3.45. The largest absolute Gasteiger partial charge is 0.507 e. The summed E-state index contributed by atoms with van der Waals surface area (Å²) >= 11 is 6.03. The summed E-state index contributed by atoms with van der Waals surface area (Å²) in [5.74, 6) is -0.635. The number of fused-ring (bicyclic) bond motifs is 2. The quantitative estimate of drug-likeness (QED) is 0.353. The van der Waals surface area contributed by atoms with Crippen LogP contribution in [0.1, 0.15) is 28.8 Å². The van der Waals surface area contributed by atoms with Crippen LogP contribution in [0.3, 0.4) is 0 Å². The minimum absolute atomic E-state index is 0.0542. The van der Waals surface area contributed by atoms with E-state index in [4.69, 9.17) is 16.3 Å². The first-order chi connectivity index (χ1) is 15.5. The fourth-order valence-electron chi connectivity index (χ4n) is 3.98. The van der Waals surface area contributed by atoms with E-state index >= 15 is 0 Å². The summed E-state index contributed by atoms with van der Waals surface area (Å²) in [6.45, 7) is 1.25. The molecule has 32 heavy (non-hydrogen) atoms. The Morgan fingerprint density at radius 2 is 2.09 bits per heavy atom. The second-order valence-electron chi connectivity index (χ2n) is 7.78. The van der Waals surface area contributed by atoms with Crippen LogP contribution >= 0.6 is 11.6 Å². The van der Waals surface area contributed by atoms with Gasteiger partial charge in [-0.2, -0.15) is 0 Å². The molecular weight excluding hydrogens is 430 g/mol. The predicted molar refractivity (Wildman–Crippen MR) is 123 cm³/mol. The smallest absolute Gasteiger partial charge is 0.265 e. The number of halogens is 1. The molecule has 8 heteroatoms. The van der Waals surface area contributed by atoms with Crippen molar-refractivity contribution >= 4 is 39.6 Å². The lowest BCUT2D eigenvalue weighted by molar-refractivity contribution is 0.103. The fraction of sp³-hybridized carbons (Fsp3) is 0.208. The van der Waals surface area contributed by atoms with Crippen LogP contribution in [-0.4, -0.2) is 39.5 Å². The Balaban J connectivity index is 1.68. The Bertz CT molecular complexity index is 1410.